The van der Waals surface area contributed by atoms with Gasteiger partial charge in [0, 0.05) is 18.5 Å². The van der Waals surface area contributed by atoms with Gasteiger partial charge in [-0.3, -0.25) is 9.69 Å². The fraction of sp³-hybridized carbons (Fsp3) is 0.267. The van der Waals surface area contributed by atoms with Crippen LogP contribution in [0.15, 0.2) is 29.6 Å². The van der Waals surface area contributed by atoms with Crippen LogP contribution in [-0.4, -0.2) is 37.2 Å². The Balaban J connectivity index is 1.64. The van der Waals surface area contributed by atoms with Crippen molar-refractivity contribution in [2.24, 2.45) is 0 Å². The smallest absolute Gasteiger partial charge is 0.323 e. The number of methoxy groups -OCH3 is 1. The van der Waals surface area contributed by atoms with E-state index in [0.717, 1.165) is 0 Å². The van der Waals surface area contributed by atoms with E-state index in [9.17, 15) is 9.59 Å². The number of nitrogens with zero attached hydrogens (tertiary/aromatic N) is 2. The molecule has 1 N–H and O–H groups in total. The summed E-state index contributed by atoms with van der Waals surface area (Å²) in [7, 11) is 1.51. The molecular weight excluding hydrogens is 318 g/mol. The van der Waals surface area contributed by atoms with Crippen LogP contribution in [0.3, 0.4) is 0 Å². The largest absolute Gasteiger partial charge is 0.493 e. The zero-order valence-electron chi connectivity index (χ0n) is 12.4. The van der Waals surface area contributed by atoms with E-state index < -0.39 is 5.97 Å². The van der Waals surface area contributed by atoms with Gasteiger partial charge in [0.15, 0.2) is 16.6 Å². The summed E-state index contributed by atoms with van der Waals surface area (Å²) in [6.07, 6.45) is 0.0318. The number of thiazole rings is 1. The second kappa shape index (κ2) is 6.66. The Morgan fingerprint density at radius 2 is 2.17 bits per heavy atom. The van der Waals surface area contributed by atoms with Gasteiger partial charge < -0.3 is 14.8 Å². The normalized spacial score (nSPS) is 13.8. The van der Waals surface area contributed by atoms with E-state index in [1.165, 1.54) is 18.4 Å². The molecule has 1 aliphatic rings. The third-order valence-electron chi connectivity index (χ3n) is 3.25. The molecule has 1 fully saturated rings. The number of hydrogen-bond acceptors (Lipinski definition) is 6. The number of para-hydroxylation sites is 2. The Morgan fingerprint density at radius 3 is 2.87 bits per heavy atom. The highest BCUT2D eigenvalue weighted by Crippen LogP contribution is 2.27. The fourth-order valence-corrected chi connectivity index (χ4v) is 3.01. The molecular formula is C15H15N3O4S. The number of ether oxygens (including phenoxy) is 2. The number of benzene rings is 1. The number of anilines is 1. The van der Waals surface area contributed by atoms with Gasteiger partial charge in [0.1, 0.15) is 0 Å². The molecule has 1 saturated heterocycles. The average Bonchev–Trinajstić information content (AvgIpc) is 3.16. The number of amides is 2. The standard InChI is InChI=1S/C15H15N3O4S/c1-21-11-4-2-3-5-12(11)22-13(19)8-10-9-23-15(17-10)18-7-6-16-14(18)20/h2-5,9H,6-8H2,1H3,(H,16,20). The third kappa shape index (κ3) is 3.42. The van der Waals surface area contributed by atoms with Gasteiger partial charge in [-0.05, 0) is 12.1 Å². The van der Waals surface area contributed by atoms with E-state index in [-0.39, 0.29) is 12.5 Å². The van der Waals surface area contributed by atoms with E-state index in [4.69, 9.17) is 9.47 Å². The molecule has 3 rings (SSSR count). The van der Waals surface area contributed by atoms with E-state index in [2.05, 4.69) is 10.3 Å². The first-order chi connectivity index (χ1) is 11.2. The second-order valence-electron chi connectivity index (χ2n) is 4.81. The highest BCUT2D eigenvalue weighted by Gasteiger charge is 2.24. The number of carbonyl (C=O) groups excluding carboxylic acids is 2. The topological polar surface area (TPSA) is 80.8 Å². The van der Waals surface area contributed by atoms with E-state index >= 15 is 0 Å². The maximum Gasteiger partial charge on any atom is 0.323 e. The number of rotatable bonds is 5. The summed E-state index contributed by atoms with van der Waals surface area (Å²) in [6.45, 7) is 1.18. The van der Waals surface area contributed by atoms with Crippen LogP contribution in [0.5, 0.6) is 11.5 Å². The number of aromatic nitrogens is 1. The van der Waals surface area contributed by atoms with Gasteiger partial charge in [0.2, 0.25) is 0 Å². The SMILES string of the molecule is COc1ccccc1OC(=O)Cc1csc(N2CCNC2=O)n1. The second-order valence-corrected chi connectivity index (χ2v) is 5.64. The van der Waals surface area contributed by atoms with Gasteiger partial charge >= 0.3 is 12.0 Å². The molecule has 2 heterocycles. The molecule has 1 aromatic heterocycles. The summed E-state index contributed by atoms with van der Waals surface area (Å²) >= 11 is 1.33. The molecule has 0 saturated carbocycles. The summed E-state index contributed by atoms with van der Waals surface area (Å²) in [5.74, 6) is 0.431. The predicted octanol–water partition coefficient (Wildman–Crippen LogP) is 1.83. The first-order valence-electron chi connectivity index (χ1n) is 7.01. The van der Waals surface area contributed by atoms with Gasteiger partial charge in [0.25, 0.3) is 0 Å². The van der Waals surface area contributed by atoms with Crippen LogP contribution in [0.4, 0.5) is 9.93 Å². The van der Waals surface area contributed by atoms with Crippen molar-refractivity contribution in [2.75, 3.05) is 25.1 Å². The molecule has 0 atom stereocenters. The maximum absolute atomic E-state index is 12.0. The Bertz CT molecular complexity index is 731. The first-order valence-corrected chi connectivity index (χ1v) is 7.89. The number of urea groups is 1. The van der Waals surface area contributed by atoms with Crippen molar-refractivity contribution in [1.29, 1.82) is 0 Å². The first kappa shape index (κ1) is 15.3. The van der Waals surface area contributed by atoms with E-state index in [1.807, 2.05) is 0 Å². The Morgan fingerprint density at radius 1 is 1.39 bits per heavy atom. The van der Waals surface area contributed by atoms with Crippen molar-refractivity contribution in [3.05, 3.63) is 35.3 Å². The number of carbonyl (C=O) groups is 2. The summed E-state index contributed by atoms with van der Waals surface area (Å²) in [6, 6.07) is 6.78. The molecule has 0 unspecified atom stereocenters. The molecule has 0 radical (unpaired) electrons. The van der Waals surface area contributed by atoms with Gasteiger partial charge in [-0.2, -0.15) is 0 Å². The van der Waals surface area contributed by atoms with Crippen molar-refractivity contribution in [1.82, 2.24) is 10.3 Å². The minimum absolute atomic E-state index is 0.0318. The molecule has 2 aromatic rings. The Labute approximate surface area is 136 Å². The molecule has 1 aliphatic heterocycles. The van der Waals surface area contributed by atoms with Crippen molar-refractivity contribution in [3.63, 3.8) is 0 Å². The van der Waals surface area contributed by atoms with Gasteiger partial charge in [-0.1, -0.05) is 12.1 Å². The molecule has 0 spiro atoms. The average molecular weight is 333 g/mol. The number of esters is 1. The van der Waals surface area contributed by atoms with Crippen molar-refractivity contribution >= 4 is 28.5 Å². The van der Waals surface area contributed by atoms with Crippen LogP contribution in [0, 0.1) is 0 Å². The highest BCUT2D eigenvalue weighted by atomic mass is 32.1. The van der Waals surface area contributed by atoms with E-state index in [0.29, 0.717) is 35.4 Å². The lowest BCUT2D eigenvalue weighted by molar-refractivity contribution is -0.133. The number of nitrogens with one attached hydrogen (secondary N) is 1. The lowest BCUT2D eigenvalue weighted by Gasteiger charge is -2.09. The van der Waals surface area contributed by atoms with Crippen LogP contribution < -0.4 is 19.7 Å². The van der Waals surface area contributed by atoms with Crippen LogP contribution in [0.1, 0.15) is 5.69 Å². The van der Waals surface area contributed by atoms with Gasteiger partial charge in [0.05, 0.1) is 19.2 Å². The molecule has 7 nitrogen and oxygen atoms in total. The Kier molecular flexibility index (Phi) is 4.42. The summed E-state index contributed by atoms with van der Waals surface area (Å²) in [5.41, 5.74) is 0.574. The molecule has 0 bridgehead atoms. The van der Waals surface area contributed by atoms with Crippen LogP contribution in [-0.2, 0) is 11.2 Å². The zero-order chi connectivity index (χ0) is 16.2. The predicted molar refractivity (Wildman–Crippen MR) is 85.2 cm³/mol. The molecule has 8 heteroatoms. The lowest BCUT2D eigenvalue weighted by Crippen LogP contribution is -2.27. The van der Waals surface area contributed by atoms with Crippen molar-refractivity contribution < 1.29 is 19.1 Å². The molecule has 2 amide bonds. The third-order valence-corrected chi connectivity index (χ3v) is 4.16. The van der Waals surface area contributed by atoms with Crippen molar-refractivity contribution in [2.45, 2.75) is 6.42 Å². The minimum atomic E-state index is -0.433. The Hall–Kier alpha value is -2.61. The fourth-order valence-electron chi connectivity index (χ4n) is 2.17. The quantitative estimate of drug-likeness (QED) is 0.667. The summed E-state index contributed by atoms with van der Waals surface area (Å²) in [4.78, 5) is 29.5. The maximum atomic E-state index is 12.0. The monoisotopic (exact) mass is 333 g/mol. The van der Waals surface area contributed by atoms with Gasteiger partial charge in [-0.15, -0.1) is 11.3 Å². The lowest BCUT2D eigenvalue weighted by atomic mass is 10.3. The summed E-state index contributed by atoms with van der Waals surface area (Å²) in [5, 5.41) is 5.05. The van der Waals surface area contributed by atoms with Crippen molar-refractivity contribution in [3.8, 4) is 11.5 Å². The highest BCUT2D eigenvalue weighted by molar-refractivity contribution is 7.14. The minimum Gasteiger partial charge on any atom is -0.493 e. The molecule has 23 heavy (non-hydrogen) atoms. The molecule has 120 valence electrons. The van der Waals surface area contributed by atoms with Gasteiger partial charge in [-0.25, -0.2) is 9.78 Å². The van der Waals surface area contributed by atoms with E-state index in [1.54, 1.807) is 34.5 Å². The molecule has 0 aliphatic carbocycles. The number of hydrogen-bond donors (Lipinski definition) is 1. The summed E-state index contributed by atoms with van der Waals surface area (Å²) < 4.78 is 10.4. The zero-order valence-corrected chi connectivity index (χ0v) is 13.3. The van der Waals surface area contributed by atoms with Crippen LogP contribution in [0.2, 0.25) is 0 Å². The molecule has 1 aromatic carbocycles. The van der Waals surface area contributed by atoms with Crippen LogP contribution in [0.25, 0.3) is 0 Å². The van der Waals surface area contributed by atoms with Crippen LogP contribution >= 0.6 is 11.3 Å².